The Labute approximate surface area is 182 Å². The molecule has 9 nitrogen and oxygen atoms in total. The van der Waals surface area contributed by atoms with Crippen molar-refractivity contribution in [2.24, 2.45) is 5.92 Å². The minimum Gasteiger partial charge on any atom is -0.483 e. The number of carbonyl (C=O) groups excluding carboxylic acids is 2. The van der Waals surface area contributed by atoms with Gasteiger partial charge in [-0.2, -0.15) is 0 Å². The Morgan fingerprint density at radius 2 is 1.90 bits per heavy atom. The maximum Gasteiger partial charge on any atom is 0.290 e. The third-order valence-corrected chi connectivity index (χ3v) is 5.73. The zero-order valence-electron chi connectivity index (χ0n) is 18.2. The highest BCUT2D eigenvalue weighted by molar-refractivity contribution is 5.95. The second kappa shape index (κ2) is 12.2. The molecule has 0 aromatic carbocycles. The van der Waals surface area contributed by atoms with Gasteiger partial charge in [-0.25, -0.2) is 0 Å². The molecule has 2 heterocycles. The third-order valence-electron chi connectivity index (χ3n) is 5.73. The Bertz CT molecular complexity index is 793. The first-order chi connectivity index (χ1) is 14.8. The normalized spacial score (nSPS) is 22.9. The highest BCUT2D eigenvalue weighted by atomic mass is 16.5. The van der Waals surface area contributed by atoms with Gasteiger partial charge in [0, 0.05) is 36.9 Å². The van der Waals surface area contributed by atoms with E-state index in [1.807, 2.05) is 13.8 Å². The van der Waals surface area contributed by atoms with E-state index in [0.717, 1.165) is 45.1 Å². The van der Waals surface area contributed by atoms with E-state index in [-0.39, 0.29) is 47.8 Å². The number of amides is 2. The average molecular weight is 436 g/mol. The zero-order chi connectivity index (χ0) is 22.8. The van der Waals surface area contributed by atoms with Crippen molar-refractivity contribution in [3.8, 4) is 0 Å². The van der Waals surface area contributed by atoms with Crippen LogP contribution < -0.4 is 16.2 Å². The van der Waals surface area contributed by atoms with Gasteiger partial charge < -0.3 is 25.5 Å². The molecule has 1 unspecified atom stereocenters. The smallest absolute Gasteiger partial charge is 0.290 e. The molecular weight excluding hydrogens is 402 g/mol. The van der Waals surface area contributed by atoms with Crippen molar-refractivity contribution in [2.75, 3.05) is 13.2 Å². The second-order valence-electron chi connectivity index (χ2n) is 8.31. The number of hydrogen-bond donors (Lipinski definition) is 4. The molecule has 9 heteroatoms. The highest BCUT2D eigenvalue weighted by Gasteiger charge is 2.28. The van der Waals surface area contributed by atoms with Gasteiger partial charge in [0.2, 0.25) is 11.5 Å². The fraction of sp³-hybridized carbons (Fsp3) is 0.636. The largest absolute Gasteiger partial charge is 0.483 e. The molecule has 1 atom stereocenters. The van der Waals surface area contributed by atoms with Gasteiger partial charge in [-0.05, 0) is 50.5 Å². The van der Waals surface area contributed by atoms with Gasteiger partial charge in [0.15, 0.2) is 0 Å². The van der Waals surface area contributed by atoms with Crippen molar-refractivity contribution in [1.82, 2.24) is 15.6 Å². The summed E-state index contributed by atoms with van der Waals surface area (Å²) in [6.07, 6.45) is 5.35. The second-order valence-corrected chi connectivity index (χ2v) is 8.31. The predicted molar refractivity (Wildman–Crippen MR) is 115 cm³/mol. The molecule has 1 saturated carbocycles. The summed E-state index contributed by atoms with van der Waals surface area (Å²) in [5, 5.41) is 13.0. The van der Waals surface area contributed by atoms with Crippen molar-refractivity contribution < 1.29 is 24.2 Å². The Kier molecular flexibility index (Phi) is 9.71. The van der Waals surface area contributed by atoms with Crippen molar-refractivity contribution >= 4 is 18.3 Å². The van der Waals surface area contributed by atoms with Crippen LogP contribution in [0.4, 0.5) is 0 Å². The number of rotatable bonds is 6. The first-order valence-corrected chi connectivity index (χ1v) is 10.9. The van der Waals surface area contributed by atoms with Crippen LogP contribution in [-0.2, 0) is 14.3 Å². The minimum atomic E-state index is -0.250. The van der Waals surface area contributed by atoms with E-state index in [1.54, 1.807) is 6.07 Å². The van der Waals surface area contributed by atoms with E-state index in [9.17, 15) is 14.4 Å². The van der Waals surface area contributed by atoms with Gasteiger partial charge in [0.1, 0.15) is 0 Å². The number of carboxylic acid groups (broad SMARTS) is 1. The van der Waals surface area contributed by atoms with E-state index in [4.69, 9.17) is 14.6 Å². The minimum absolute atomic E-state index is 0.00820. The van der Waals surface area contributed by atoms with E-state index in [0.29, 0.717) is 17.8 Å². The van der Waals surface area contributed by atoms with Crippen LogP contribution in [-0.4, -0.2) is 53.7 Å². The van der Waals surface area contributed by atoms with Crippen molar-refractivity contribution in [2.45, 2.75) is 70.4 Å². The summed E-state index contributed by atoms with van der Waals surface area (Å²) in [6, 6.07) is 3.03. The fourth-order valence-corrected chi connectivity index (χ4v) is 4.07. The quantitative estimate of drug-likeness (QED) is 0.503. The molecule has 4 N–H and O–H groups in total. The summed E-state index contributed by atoms with van der Waals surface area (Å²) in [5.41, 5.74) is 0.980. The Hall–Kier alpha value is -2.68. The average Bonchev–Trinajstić information content (AvgIpc) is 3.26. The molecule has 1 aliphatic heterocycles. The van der Waals surface area contributed by atoms with Gasteiger partial charge in [-0.3, -0.25) is 19.2 Å². The molecule has 3 rings (SSSR count). The molecule has 0 radical (unpaired) electrons. The molecule has 2 fully saturated rings. The van der Waals surface area contributed by atoms with Gasteiger partial charge in [-0.15, -0.1) is 0 Å². The van der Waals surface area contributed by atoms with E-state index in [2.05, 4.69) is 15.6 Å². The van der Waals surface area contributed by atoms with Crippen molar-refractivity contribution in [1.29, 1.82) is 0 Å². The molecular formula is C22H33N3O6. The van der Waals surface area contributed by atoms with E-state index < -0.39 is 0 Å². The molecule has 172 valence electrons. The number of aromatic amines is 1. The van der Waals surface area contributed by atoms with Crippen LogP contribution in [0.3, 0.4) is 0 Å². The predicted octanol–water partition coefficient (Wildman–Crippen LogP) is 1.78. The van der Waals surface area contributed by atoms with Gasteiger partial charge in [0.25, 0.3) is 12.4 Å². The first-order valence-electron chi connectivity index (χ1n) is 10.9. The summed E-state index contributed by atoms with van der Waals surface area (Å²) in [7, 11) is 0. The molecule has 0 bridgehead atoms. The monoisotopic (exact) mass is 435 g/mol. The van der Waals surface area contributed by atoms with E-state index in [1.165, 1.54) is 6.07 Å². The van der Waals surface area contributed by atoms with Crippen LogP contribution in [0, 0.1) is 5.92 Å². The van der Waals surface area contributed by atoms with E-state index >= 15 is 0 Å². The number of aromatic nitrogens is 1. The van der Waals surface area contributed by atoms with Crippen LogP contribution >= 0.6 is 0 Å². The Morgan fingerprint density at radius 3 is 2.48 bits per heavy atom. The molecule has 1 aliphatic carbocycles. The van der Waals surface area contributed by atoms with Crippen LogP contribution in [0.1, 0.15) is 74.3 Å². The van der Waals surface area contributed by atoms with Crippen LogP contribution in [0.2, 0.25) is 0 Å². The number of hydrogen-bond acceptors (Lipinski definition) is 5. The summed E-state index contributed by atoms with van der Waals surface area (Å²) in [4.78, 5) is 47.8. The lowest BCUT2D eigenvalue weighted by molar-refractivity contribution is -0.126. The SMILES string of the molecule is CC(C)c1[nH]c(=O)ccc1C(=O)NC1CCC(C(=O)NCC2CCCO2)CC1.O=CO. The van der Waals surface area contributed by atoms with Gasteiger partial charge in [0.05, 0.1) is 11.7 Å². The van der Waals surface area contributed by atoms with Gasteiger partial charge >= 0.3 is 0 Å². The molecule has 2 aliphatic rings. The standard InChI is InChI=1S/C21H31N3O4.CH2O2/c1-13(2)19-17(9-10-18(25)24-19)21(27)23-15-7-5-14(6-8-15)20(26)22-12-16-4-3-11-28-16;2-1-3/h9-10,13-16H,3-8,11-12H2,1-2H3,(H,22,26)(H,23,27)(H,24,25);1H,(H,2,3). The van der Waals surface area contributed by atoms with Crippen LogP contribution in [0.15, 0.2) is 16.9 Å². The Balaban J connectivity index is 0.00000107. The lowest BCUT2D eigenvalue weighted by Crippen LogP contribution is -2.42. The third kappa shape index (κ3) is 7.50. The van der Waals surface area contributed by atoms with Gasteiger partial charge in [-0.1, -0.05) is 13.8 Å². The maximum atomic E-state index is 12.7. The number of H-pyrrole nitrogens is 1. The van der Waals surface area contributed by atoms with Crippen LogP contribution in [0.25, 0.3) is 0 Å². The molecule has 31 heavy (non-hydrogen) atoms. The molecule has 2 amide bonds. The lowest BCUT2D eigenvalue weighted by atomic mass is 9.85. The fourth-order valence-electron chi connectivity index (χ4n) is 4.07. The lowest BCUT2D eigenvalue weighted by Gasteiger charge is -2.29. The number of ether oxygens (including phenoxy) is 1. The topological polar surface area (TPSA) is 138 Å². The maximum absolute atomic E-state index is 12.7. The van der Waals surface area contributed by atoms with Crippen LogP contribution in [0.5, 0.6) is 0 Å². The molecule has 1 aromatic heterocycles. The molecule has 0 spiro atoms. The first kappa shape index (κ1) is 24.6. The van der Waals surface area contributed by atoms with Crippen molar-refractivity contribution in [3.63, 3.8) is 0 Å². The molecule has 1 saturated heterocycles. The van der Waals surface area contributed by atoms with Crippen molar-refractivity contribution in [3.05, 3.63) is 33.7 Å². The summed E-state index contributed by atoms with van der Waals surface area (Å²) < 4.78 is 5.54. The highest BCUT2D eigenvalue weighted by Crippen LogP contribution is 2.25. The number of carbonyl (C=O) groups is 3. The number of pyridine rings is 1. The molecule has 1 aromatic rings. The Morgan fingerprint density at radius 1 is 1.23 bits per heavy atom. The summed E-state index contributed by atoms with van der Waals surface area (Å²) >= 11 is 0. The zero-order valence-corrected chi connectivity index (χ0v) is 18.2. The summed E-state index contributed by atoms with van der Waals surface area (Å²) in [6.45, 7) is 5.03. The summed E-state index contributed by atoms with van der Waals surface area (Å²) in [5.74, 6) is 0.000952. The number of nitrogens with one attached hydrogen (secondary N) is 3.